The highest BCUT2D eigenvalue weighted by Gasteiger charge is 2.46. The number of benzene rings is 9. The molecule has 1 aliphatic carbocycles. The molecule has 1 aliphatic rings. The molecule has 0 N–H and O–H groups in total. The van der Waals surface area contributed by atoms with Gasteiger partial charge in [-0.1, -0.05) is 182 Å². The van der Waals surface area contributed by atoms with Crippen molar-refractivity contribution < 1.29 is 0 Å². The van der Waals surface area contributed by atoms with Crippen LogP contribution in [0.25, 0.3) is 53.6 Å². The van der Waals surface area contributed by atoms with E-state index in [2.05, 4.69) is 229 Å². The van der Waals surface area contributed by atoms with Crippen LogP contribution < -0.4 is 4.90 Å². The van der Waals surface area contributed by atoms with Crippen molar-refractivity contribution in [3.8, 4) is 33.4 Å². The van der Waals surface area contributed by atoms with E-state index in [4.69, 9.17) is 0 Å². The molecule has 0 unspecified atom stereocenters. The summed E-state index contributed by atoms with van der Waals surface area (Å²) in [7, 11) is 0. The van der Waals surface area contributed by atoms with Crippen LogP contribution in [0.4, 0.5) is 17.1 Å². The monoisotopic (exact) mass is 743 g/mol. The van der Waals surface area contributed by atoms with Crippen molar-refractivity contribution in [3.05, 3.63) is 247 Å². The van der Waals surface area contributed by atoms with Crippen LogP contribution in [0.1, 0.15) is 22.3 Å². The fraction of sp³-hybridized carbons (Fsp3) is 0.0182. The second kappa shape index (κ2) is 13.6. The number of hydrogen-bond donors (Lipinski definition) is 0. The Hall–Kier alpha value is -7.00. The van der Waals surface area contributed by atoms with E-state index in [0.29, 0.717) is 0 Å². The Balaban J connectivity index is 1.23. The van der Waals surface area contributed by atoms with E-state index in [1.807, 2.05) is 11.3 Å². The first-order valence-electron chi connectivity index (χ1n) is 19.6. The number of thiophene rings is 1. The molecule has 0 amide bonds. The topological polar surface area (TPSA) is 3.24 Å². The molecule has 0 fully saturated rings. The molecule has 0 bridgehead atoms. The summed E-state index contributed by atoms with van der Waals surface area (Å²) < 4.78 is 2.59. The van der Waals surface area contributed by atoms with Crippen molar-refractivity contribution >= 4 is 48.6 Å². The fourth-order valence-electron chi connectivity index (χ4n) is 9.24. The fourth-order valence-corrected chi connectivity index (χ4v) is 10.3. The molecule has 268 valence electrons. The number of anilines is 3. The highest BCUT2D eigenvalue weighted by Crippen LogP contribution is 2.57. The van der Waals surface area contributed by atoms with Crippen molar-refractivity contribution in [1.82, 2.24) is 0 Å². The highest BCUT2D eigenvalue weighted by molar-refractivity contribution is 7.25. The van der Waals surface area contributed by atoms with Gasteiger partial charge in [-0.05, 0) is 92.5 Å². The maximum absolute atomic E-state index is 2.50. The Bertz CT molecular complexity index is 3020. The van der Waals surface area contributed by atoms with Crippen LogP contribution in [0, 0.1) is 0 Å². The molecule has 1 nitrogen and oxygen atoms in total. The Kier molecular flexibility index (Phi) is 7.98. The smallest absolute Gasteiger partial charge is 0.0714 e. The molecule has 2 heteroatoms. The molecular formula is C55H37NS. The van der Waals surface area contributed by atoms with Crippen LogP contribution in [0.15, 0.2) is 224 Å². The van der Waals surface area contributed by atoms with Gasteiger partial charge in [0, 0.05) is 37.1 Å². The van der Waals surface area contributed by atoms with E-state index in [9.17, 15) is 0 Å². The molecule has 9 aromatic carbocycles. The number of nitrogens with zero attached hydrogens (tertiary/aromatic N) is 1. The largest absolute Gasteiger partial charge is 0.310 e. The third-order valence-corrected chi connectivity index (χ3v) is 12.9. The van der Waals surface area contributed by atoms with Crippen molar-refractivity contribution in [3.63, 3.8) is 0 Å². The minimum absolute atomic E-state index is 0.516. The van der Waals surface area contributed by atoms with E-state index < -0.39 is 5.41 Å². The Morgan fingerprint density at radius 2 is 0.877 bits per heavy atom. The van der Waals surface area contributed by atoms with Crippen molar-refractivity contribution in [2.45, 2.75) is 5.41 Å². The molecule has 1 aromatic heterocycles. The average molecular weight is 744 g/mol. The minimum Gasteiger partial charge on any atom is -0.310 e. The molecule has 57 heavy (non-hydrogen) atoms. The standard InChI is InChI=1S/C55H37NS/c1-5-17-38(18-6-1)40-29-32-45(39-19-7-2-8-20-39)52(35-40)56(43-31-34-54-49(36-43)48-26-14-16-28-53(48)57-54)44-30-33-47-46-25-13-15-27-50(46)55(51(47)37-44,41-21-9-3-10-22-41)42-23-11-4-12-24-42/h1-37H. The molecule has 11 rings (SSSR count). The summed E-state index contributed by atoms with van der Waals surface area (Å²) >= 11 is 1.86. The molecule has 0 radical (unpaired) electrons. The van der Waals surface area contributed by atoms with Gasteiger partial charge < -0.3 is 4.90 Å². The zero-order chi connectivity index (χ0) is 37.8. The quantitative estimate of drug-likeness (QED) is 0.157. The first-order valence-corrected chi connectivity index (χ1v) is 20.4. The summed E-state index contributed by atoms with van der Waals surface area (Å²) in [6.45, 7) is 0. The van der Waals surface area contributed by atoms with Crippen LogP contribution in [-0.4, -0.2) is 0 Å². The summed E-state index contributed by atoms with van der Waals surface area (Å²) in [5, 5.41) is 2.56. The molecule has 0 saturated carbocycles. The van der Waals surface area contributed by atoms with Gasteiger partial charge in [-0.3, -0.25) is 0 Å². The number of fused-ring (bicyclic) bond motifs is 6. The van der Waals surface area contributed by atoms with Gasteiger partial charge in [0.25, 0.3) is 0 Å². The molecular weight excluding hydrogens is 707 g/mol. The van der Waals surface area contributed by atoms with Crippen LogP contribution in [0.2, 0.25) is 0 Å². The Labute approximate surface area is 337 Å². The summed E-state index contributed by atoms with van der Waals surface area (Å²) in [6, 6.07) is 82.7. The molecule has 10 aromatic rings. The predicted molar refractivity (Wildman–Crippen MR) is 242 cm³/mol. The highest BCUT2D eigenvalue weighted by atomic mass is 32.1. The second-order valence-corrected chi connectivity index (χ2v) is 15.9. The van der Waals surface area contributed by atoms with Crippen LogP contribution in [0.3, 0.4) is 0 Å². The normalized spacial score (nSPS) is 12.7. The van der Waals surface area contributed by atoms with Crippen LogP contribution in [-0.2, 0) is 5.41 Å². The summed E-state index contributed by atoms with van der Waals surface area (Å²) in [5.74, 6) is 0. The van der Waals surface area contributed by atoms with Crippen molar-refractivity contribution in [2.75, 3.05) is 4.90 Å². The van der Waals surface area contributed by atoms with Crippen LogP contribution in [0.5, 0.6) is 0 Å². The van der Waals surface area contributed by atoms with Gasteiger partial charge in [0.1, 0.15) is 0 Å². The number of rotatable bonds is 7. The zero-order valence-corrected chi connectivity index (χ0v) is 32.0. The first kappa shape index (κ1) is 33.3. The Morgan fingerprint density at radius 3 is 1.61 bits per heavy atom. The molecule has 0 atom stereocenters. The molecule has 0 spiro atoms. The molecule has 0 saturated heterocycles. The third-order valence-electron chi connectivity index (χ3n) is 11.7. The maximum Gasteiger partial charge on any atom is 0.0714 e. The van der Waals surface area contributed by atoms with Gasteiger partial charge in [0.15, 0.2) is 0 Å². The van der Waals surface area contributed by atoms with Gasteiger partial charge in [0.05, 0.1) is 11.1 Å². The molecule has 1 heterocycles. The lowest BCUT2D eigenvalue weighted by Gasteiger charge is -2.35. The van der Waals surface area contributed by atoms with E-state index >= 15 is 0 Å². The van der Waals surface area contributed by atoms with Gasteiger partial charge in [-0.2, -0.15) is 0 Å². The lowest BCUT2D eigenvalue weighted by Crippen LogP contribution is -2.28. The van der Waals surface area contributed by atoms with Crippen molar-refractivity contribution in [2.24, 2.45) is 0 Å². The van der Waals surface area contributed by atoms with Crippen molar-refractivity contribution in [1.29, 1.82) is 0 Å². The predicted octanol–water partition coefficient (Wildman–Crippen LogP) is 15.2. The summed E-state index contributed by atoms with van der Waals surface area (Å²) in [6.07, 6.45) is 0. The SMILES string of the molecule is c1ccc(-c2ccc(-c3ccccc3)c(N(c3ccc4c(c3)C(c3ccccc3)(c3ccccc3)c3ccccc3-4)c3ccc4sc5ccccc5c4c3)c2)cc1. The van der Waals surface area contributed by atoms with E-state index in [1.54, 1.807) is 0 Å². The second-order valence-electron chi connectivity index (χ2n) is 14.8. The van der Waals surface area contributed by atoms with E-state index in [-0.39, 0.29) is 0 Å². The molecule has 0 aliphatic heterocycles. The first-order chi connectivity index (χ1) is 28.3. The summed E-state index contributed by atoms with van der Waals surface area (Å²) in [5.41, 5.74) is 15.2. The minimum atomic E-state index is -0.516. The van der Waals surface area contributed by atoms with E-state index in [1.165, 1.54) is 75.8 Å². The lowest BCUT2D eigenvalue weighted by molar-refractivity contribution is 0.768. The lowest BCUT2D eigenvalue weighted by atomic mass is 9.67. The zero-order valence-electron chi connectivity index (χ0n) is 31.2. The van der Waals surface area contributed by atoms with Crippen LogP contribution >= 0.6 is 11.3 Å². The van der Waals surface area contributed by atoms with Gasteiger partial charge in [0.2, 0.25) is 0 Å². The Morgan fingerprint density at radius 1 is 0.333 bits per heavy atom. The maximum atomic E-state index is 2.50. The summed E-state index contributed by atoms with van der Waals surface area (Å²) in [4.78, 5) is 2.50. The van der Waals surface area contributed by atoms with Gasteiger partial charge in [-0.25, -0.2) is 0 Å². The van der Waals surface area contributed by atoms with E-state index in [0.717, 1.165) is 17.1 Å². The number of hydrogen-bond acceptors (Lipinski definition) is 2. The van der Waals surface area contributed by atoms with Gasteiger partial charge >= 0.3 is 0 Å². The van der Waals surface area contributed by atoms with Gasteiger partial charge in [-0.15, -0.1) is 11.3 Å². The average Bonchev–Trinajstić information content (AvgIpc) is 3.81. The third kappa shape index (κ3) is 5.37.